The van der Waals surface area contributed by atoms with Gasteiger partial charge in [-0.2, -0.15) is 0 Å². The van der Waals surface area contributed by atoms with Gasteiger partial charge in [0.1, 0.15) is 0 Å². The molecule has 1 rings (SSSR count). The molecule has 15 heavy (non-hydrogen) atoms. The smallest absolute Gasteiger partial charge is 0.216 e. The van der Waals surface area contributed by atoms with Gasteiger partial charge < -0.3 is 15.4 Å². The lowest BCUT2D eigenvalue weighted by Crippen LogP contribution is -2.61. The standard InChI is InChI=1S/C11H22N2O2/c1-8(14)12-5-6-13-9-7-10(15-4)11(9,2)3/h9-10,13H,5-7H2,1-4H3,(H,12,14). The third kappa shape index (κ3) is 2.92. The topological polar surface area (TPSA) is 50.4 Å². The number of carbonyl (C=O) groups is 1. The Morgan fingerprint density at radius 3 is 2.60 bits per heavy atom. The summed E-state index contributed by atoms with van der Waals surface area (Å²) in [7, 11) is 1.76. The fourth-order valence-corrected chi connectivity index (χ4v) is 2.12. The summed E-state index contributed by atoms with van der Waals surface area (Å²) in [6.07, 6.45) is 1.42. The van der Waals surface area contributed by atoms with Crippen LogP contribution in [0, 0.1) is 5.41 Å². The van der Waals surface area contributed by atoms with Crippen molar-refractivity contribution in [2.75, 3.05) is 20.2 Å². The maximum Gasteiger partial charge on any atom is 0.216 e. The summed E-state index contributed by atoms with van der Waals surface area (Å²) in [5.41, 5.74) is 0.199. The molecule has 2 N–H and O–H groups in total. The van der Waals surface area contributed by atoms with Gasteiger partial charge in [0.15, 0.2) is 0 Å². The lowest BCUT2D eigenvalue weighted by Gasteiger charge is -2.51. The molecule has 2 unspecified atom stereocenters. The summed E-state index contributed by atoms with van der Waals surface area (Å²) >= 11 is 0. The van der Waals surface area contributed by atoms with Gasteiger partial charge in [-0.15, -0.1) is 0 Å². The Bertz CT molecular complexity index is 229. The molecule has 0 spiro atoms. The second kappa shape index (κ2) is 4.94. The van der Waals surface area contributed by atoms with Crippen LogP contribution in [0.1, 0.15) is 27.2 Å². The SMILES string of the molecule is COC1CC(NCCNC(C)=O)C1(C)C. The molecule has 1 fully saturated rings. The van der Waals surface area contributed by atoms with Crippen LogP contribution >= 0.6 is 0 Å². The molecule has 0 saturated heterocycles. The number of rotatable bonds is 5. The summed E-state index contributed by atoms with van der Waals surface area (Å²) in [6, 6.07) is 0.496. The monoisotopic (exact) mass is 214 g/mol. The molecule has 1 aliphatic rings. The van der Waals surface area contributed by atoms with Crippen molar-refractivity contribution in [1.29, 1.82) is 0 Å². The molecule has 88 valence electrons. The van der Waals surface area contributed by atoms with Crippen molar-refractivity contribution in [3.05, 3.63) is 0 Å². The molecule has 1 amide bonds. The molecule has 0 radical (unpaired) electrons. The van der Waals surface area contributed by atoms with Crippen molar-refractivity contribution in [2.24, 2.45) is 5.41 Å². The van der Waals surface area contributed by atoms with Crippen molar-refractivity contribution in [1.82, 2.24) is 10.6 Å². The predicted octanol–water partition coefficient (Wildman–Crippen LogP) is 0.526. The minimum absolute atomic E-state index is 0.0273. The van der Waals surface area contributed by atoms with Crippen LogP contribution in [0.25, 0.3) is 0 Å². The Balaban J connectivity index is 2.16. The normalized spacial score (nSPS) is 28.3. The van der Waals surface area contributed by atoms with E-state index in [9.17, 15) is 4.79 Å². The maximum absolute atomic E-state index is 10.6. The average Bonchev–Trinajstić information content (AvgIpc) is 2.15. The number of ether oxygens (including phenoxy) is 1. The highest BCUT2D eigenvalue weighted by Crippen LogP contribution is 2.42. The molecule has 0 aliphatic heterocycles. The number of nitrogens with one attached hydrogen (secondary N) is 2. The van der Waals surface area contributed by atoms with E-state index in [1.54, 1.807) is 7.11 Å². The van der Waals surface area contributed by atoms with E-state index in [2.05, 4.69) is 24.5 Å². The van der Waals surface area contributed by atoms with E-state index < -0.39 is 0 Å². The number of hydrogen-bond donors (Lipinski definition) is 2. The van der Waals surface area contributed by atoms with Crippen LogP contribution in [0.15, 0.2) is 0 Å². The van der Waals surface area contributed by atoms with E-state index in [4.69, 9.17) is 4.74 Å². The zero-order valence-corrected chi connectivity index (χ0v) is 10.1. The zero-order valence-electron chi connectivity index (χ0n) is 10.1. The first kappa shape index (κ1) is 12.5. The highest BCUT2D eigenvalue weighted by molar-refractivity contribution is 5.72. The first-order valence-corrected chi connectivity index (χ1v) is 5.49. The van der Waals surface area contributed by atoms with Crippen molar-refractivity contribution in [3.8, 4) is 0 Å². The van der Waals surface area contributed by atoms with Crippen molar-refractivity contribution < 1.29 is 9.53 Å². The third-order valence-electron chi connectivity index (χ3n) is 3.35. The van der Waals surface area contributed by atoms with E-state index in [1.165, 1.54) is 6.92 Å². The Morgan fingerprint density at radius 2 is 2.13 bits per heavy atom. The van der Waals surface area contributed by atoms with Gasteiger partial charge in [-0.1, -0.05) is 13.8 Å². The molecule has 4 heteroatoms. The molecule has 0 aromatic rings. The van der Waals surface area contributed by atoms with Crippen LogP contribution in [0.4, 0.5) is 0 Å². The minimum Gasteiger partial charge on any atom is -0.381 e. The van der Waals surface area contributed by atoms with E-state index >= 15 is 0 Å². The van der Waals surface area contributed by atoms with Gasteiger partial charge in [0, 0.05) is 38.6 Å². The summed E-state index contributed by atoms with van der Waals surface area (Å²) in [5.74, 6) is 0.0273. The zero-order chi connectivity index (χ0) is 11.5. The van der Waals surface area contributed by atoms with Crippen molar-refractivity contribution in [3.63, 3.8) is 0 Å². The van der Waals surface area contributed by atoms with Crippen LogP contribution in [-0.4, -0.2) is 38.3 Å². The largest absolute Gasteiger partial charge is 0.381 e. The van der Waals surface area contributed by atoms with E-state index in [-0.39, 0.29) is 11.3 Å². The molecule has 2 atom stereocenters. The highest BCUT2D eigenvalue weighted by Gasteiger charge is 2.47. The summed E-state index contributed by atoms with van der Waals surface area (Å²) in [5, 5.41) is 6.20. The van der Waals surface area contributed by atoms with Gasteiger partial charge in [-0.05, 0) is 6.42 Å². The number of hydrogen-bond acceptors (Lipinski definition) is 3. The molecule has 1 saturated carbocycles. The molecule has 4 nitrogen and oxygen atoms in total. The number of amides is 1. The summed E-state index contributed by atoms with van der Waals surface area (Å²) < 4.78 is 5.37. The van der Waals surface area contributed by atoms with Gasteiger partial charge in [0.2, 0.25) is 5.91 Å². The summed E-state index contributed by atoms with van der Waals surface area (Å²) in [4.78, 5) is 10.6. The predicted molar refractivity (Wildman–Crippen MR) is 59.7 cm³/mol. The quantitative estimate of drug-likeness (QED) is 0.656. The first-order valence-electron chi connectivity index (χ1n) is 5.49. The molecule has 0 bridgehead atoms. The molecule has 1 aliphatic carbocycles. The van der Waals surface area contributed by atoms with Gasteiger partial charge in [-0.25, -0.2) is 0 Å². The van der Waals surface area contributed by atoms with Gasteiger partial charge >= 0.3 is 0 Å². The lowest BCUT2D eigenvalue weighted by atomic mass is 9.64. The highest BCUT2D eigenvalue weighted by atomic mass is 16.5. The molecule has 0 aromatic carbocycles. The first-order chi connectivity index (χ1) is 6.98. The van der Waals surface area contributed by atoms with Crippen LogP contribution in [-0.2, 0) is 9.53 Å². The molecule has 0 heterocycles. The second-order valence-corrected chi connectivity index (χ2v) is 4.77. The molecular formula is C11H22N2O2. The van der Waals surface area contributed by atoms with Crippen molar-refractivity contribution in [2.45, 2.75) is 39.3 Å². The van der Waals surface area contributed by atoms with Crippen molar-refractivity contribution >= 4 is 5.91 Å². The van der Waals surface area contributed by atoms with Gasteiger partial charge in [0.05, 0.1) is 6.10 Å². The minimum atomic E-state index is 0.0273. The average molecular weight is 214 g/mol. The van der Waals surface area contributed by atoms with Gasteiger partial charge in [0.25, 0.3) is 0 Å². The van der Waals surface area contributed by atoms with Gasteiger partial charge in [-0.3, -0.25) is 4.79 Å². The van der Waals surface area contributed by atoms with Crippen LogP contribution in [0.5, 0.6) is 0 Å². The number of methoxy groups -OCH3 is 1. The third-order valence-corrected chi connectivity index (χ3v) is 3.35. The Morgan fingerprint density at radius 1 is 1.47 bits per heavy atom. The van der Waals surface area contributed by atoms with Crippen LogP contribution in [0.2, 0.25) is 0 Å². The second-order valence-electron chi connectivity index (χ2n) is 4.77. The Kier molecular flexibility index (Phi) is 4.11. The fourth-order valence-electron chi connectivity index (χ4n) is 2.12. The van der Waals surface area contributed by atoms with E-state index in [1.807, 2.05) is 0 Å². The fraction of sp³-hybridized carbons (Fsp3) is 0.909. The van der Waals surface area contributed by atoms with E-state index in [0.717, 1.165) is 13.0 Å². The Labute approximate surface area is 91.8 Å². The Hall–Kier alpha value is -0.610. The van der Waals surface area contributed by atoms with E-state index in [0.29, 0.717) is 18.7 Å². The molecule has 0 aromatic heterocycles. The maximum atomic E-state index is 10.6. The summed E-state index contributed by atoms with van der Waals surface area (Å²) in [6.45, 7) is 7.47. The number of carbonyl (C=O) groups excluding carboxylic acids is 1. The van der Waals surface area contributed by atoms with Crippen LogP contribution < -0.4 is 10.6 Å². The molecular weight excluding hydrogens is 192 g/mol. The lowest BCUT2D eigenvalue weighted by molar-refractivity contribution is -0.119. The van der Waals surface area contributed by atoms with Crippen LogP contribution in [0.3, 0.4) is 0 Å².